The third kappa shape index (κ3) is 4.20. The van der Waals surface area contributed by atoms with Gasteiger partial charge < -0.3 is 10.1 Å². The molecule has 0 saturated carbocycles. The first kappa shape index (κ1) is 17.7. The van der Waals surface area contributed by atoms with E-state index >= 15 is 0 Å². The molecule has 2 N–H and O–H groups in total. The Morgan fingerprint density at radius 3 is 2.42 bits per heavy atom. The molecular formula is C17H18N2O4S. The Bertz CT molecular complexity index is 752. The molecule has 1 heterocycles. The average molecular weight is 346 g/mol. The lowest BCUT2D eigenvalue weighted by Gasteiger charge is -2.13. The van der Waals surface area contributed by atoms with Crippen molar-refractivity contribution in [1.29, 1.82) is 0 Å². The molecule has 1 unspecified atom stereocenters. The molecular weight excluding hydrogens is 328 g/mol. The number of nitrogens with one attached hydrogen (secondary N) is 2. The summed E-state index contributed by atoms with van der Waals surface area (Å²) in [6.07, 6.45) is -1.08. The first-order valence-electron chi connectivity index (χ1n) is 7.30. The number of thiophene rings is 1. The predicted molar refractivity (Wildman–Crippen MR) is 92.0 cm³/mol. The molecule has 0 aliphatic carbocycles. The van der Waals surface area contributed by atoms with Gasteiger partial charge in [-0.3, -0.25) is 10.1 Å². The van der Waals surface area contributed by atoms with E-state index in [9.17, 15) is 14.4 Å². The number of rotatable bonds is 4. The average Bonchev–Trinajstić information content (AvgIpc) is 3.04. The molecule has 0 fully saturated rings. The van der Waals surface area contributed by atoms with Crippen LogP contribution in [0.2, 0.25) is 0 Å². The Labute approximate surface area is 143 Å². The highest BCUT2D eigenvalue weighted by Gasteiger charge is 2.23. The zero-order valence-corrected chi connectivity index (χ0v) is 14.4. The summed E-state index contributed by atoms with van der Waals surface area (Å²) in [7, 11) is 1.39. The zero-order chi connectivity index (χ0) is 17.7. The number of carbonyl (C=O) groups excluding carboxylic acids is 3. The summed E-state index contributed by atoms with van der Waals surface area (Å²) in [5, 5.41) is 6.12. The second-order valence-electron chi connectivity index (χ2n) is 5.15. The van der Waals surface area contributed by atoms with E-state index in [4.69, 9.17) is 4.74 Å². The Morgan fingerprint density at radius 2 is 1.79 bits per heavy atom. The number of benzene rings is 1. The monoisotopic (exact) mass is 346 g/mol. The number of hydrogen-bond acceptors (Lipinski definition) is 5. The fourth-order valence-corrected chi connectivity index (χ4v) is 2.77. The van der Waals surface area contributed by atoms with Gasteiger partial charge in [-0.2, -0.15) is 0 Å². The summed E-state index contributed by atoms with van der Waals surface area (Å²) in [6.45, 7) is 3.40. The molecule has 0 spiro atoms. The number of imide groups is 1. The molecule has 0 aliphatic heterocycles. The first-order chi connectivity index (χ1) is 11.4. The first-order valence-corrected chi connectivity index (χ1v) is 8.18. The van der Waals surface area contributed by atoms with Crippen LogP contribution < -0.4 is 10.6 Å². The third-order valence-electron chi connectivity index (χ3n) is 3.33. The van der Waals surface area contributed by atoms with Crippen LogP contribution >= 0.6 is 11.3 Å². The van der Waals surface area contributed by atoms with Crippen LogP contribution in [-0.4, -0.2) is 31.1 Å². The van der Waals surface area contributed by atoms with Gasteiger partial charge in [0.1, 0.15) is 4.88 Å². The van der Waals surface area contributed by atoms with E-state index in [0.29, 0.717) is 4.88 Å². The molecule has 126 valence electrons. The number of urea groups is 1. The second kappa shape index (κ2) is 7.74. The summed E-state index contributed by atoms with van der Waals surface area (Å²) in [5.74, 6) is -1.28. The van der Waals surface area contributed by atoms with Crippen LogP contribution in [0.25, 0.3) is 11.1 Å². The maximum Gasteiger partial charge on any atom is 0.349 e. The highest BCUT2D eigenvalue weighted by molar-refractivity contribution is 7.12. The van der Waals surface area contributed by atoms with Crippen molar-refractivity contribution in [2.45, 2.75) is 20.0 Å². The molecule has 0 bridgehead atoms. The van der Waals surface area contributed by atoms with Gasteiger partial charge in [0.25, 0.3) is 5.91 Å². The quantitative estimate of drug-likeness (QED) is 0.834. The molecule has 1 aromatic heterocycles. The van der Waals surface area contributed by atoms with Crippen molar-refractivity contribution in [2.75, 3.05) is 7.05 Å². The fraction of sp³-hybridized carbons (Fsp3) is 0.235. The van der Waals surface area contributed by atoms with Gasteiger partial charge in [-0.1, -0.05) is 29.8 Å². The molecule has 6 nitrogen and oxygen atoms in total. The van der Waals surface area contributed by atoms with Crippen LogP contribution in [0.1, 0.15) is 22.2 Å². The number of esters is 1. The highest BCUT2D eigenvalue weighted by atomic mass is 32.1. The highest BCUT2D eigenvalue weighted by Crippen LogP contribution is 2.29. The molecule has 1 atom stereocenters. The lowest BCUT2D eigenvalue weighted by molar-refractivity contribution is -0.127. The summed E-state index contributed by atoms with van der Waals surface area (Å²) in [5.41, 5.74) is 2.78. The van der Waals surface area contributed by atoms with Crippen molar-refractivity contribution in [3.8, 4) is 11.1 Å². The van der Waals surface area contributed by atoms with E-state index in [2.05, 4.69) is 10.6 Å². The summed E-state index contributed by atoms with van der Waals surface area (Å²) in [6, 6.07) is 8.95. The van der Waals surface area contributed by atoms with Crippen LogP contribution in [0.5, 0.6) is 0 Å². The second-order valence-corrected chi connectivity index (χ2v) is 6.06. The van der Waals surface area contributed by atoms with Crippen molar-refractivity contribution in [3.63, 3.8) is 0 Å². The summed E-state index contributed by atoms with van der Waals surface area (Å²) >= 11 is 1.24. The van der Waals surface area contributed by atoms with Gasteiger partial charge >= 0.3 is 12.0 Å². The number of carbonyl (C=O) groups is 3. The van der Waals surface area contributed by atoms with Gasteiger partial charge in [0.15, 0.2) is 6.10 Å². The zero-order valence-electron chi connectivity index (χ0n) is 13.6. The normalized spacial score (nSPS) is 11.5. The van der Waals surface area contributed by atoms with Gasteiger partial charge in [0.05, 0.1) is 0 Å². The van der Waals surface area contributed by atoms with Gasteiger partial charge in [-0.05, 0) is 30.9 Å². The van der Waals surface area contributed by atoms with Gasteiger partial charge in [0, 0.05) is 12.6 Å². The molecule has 1 aromatic carbocycles. The molecule has 2 rings (SSSR count). The number of hydrogen-bond donors (Lipinski definition) is 2. The Kier molecular flexibility index (Phi) is 5.70. The minimum Gasteiger partial charge on any atom is -0.448 e. The maximum absolute atomic E-state index is 12.3. The van der Waals surface area contributed by atoms with Gasteiger partial charge in [0.2, 0.25) is 0 Å². The van der Waals surface area contributed by atoms with Crippen LogP contribution in [-0.2, 0) is 9.53 Å². The molecule has 0 radical (unpaired) electrons. The molecule has 24 heavy (non-hydrogen) atoms. The van der Waals surface area contributed by atoms with Crippen molar-refractivity contribution in [2.24, 2.45) is 0 Å². The van der Waals surface area contributed by atoms with Crippen molar-refractivity contribution in [3.05, 3.63) is 46.2 Å². The van der Waals surface area contributed by atoms with Crippen molar-refractivity contribution < 1.29 is 19.1 Å². The minimum absolute atomic E-state index is 0.415. The Balaban J connectivity index is 2.11. The standard InChI is InChI=1S/C17H18N2O4S/c1-10-4-6-12(7-5-10)13-8-9-24-14(13)16(21)23-11(2)15(20)19-17(22)18-3/h4-9,11H,1-3H3,(H2,18,19,20,22). The number of ether oxygens (including phenoxy) is 1. The summed E-state index contributed by atoms with van der Waals surface area (Å²) < 4.78 is 5.17. The maximum atomic E-state index is 12.3. The Morgan fingerprint density at radius 1 is 1.12 bits per heavy atom. The van der Waals surface area contributed by atoms with Crippen LogP contribution in [0, 0.1) is 6.92 Å². The van der Waals surface area contributed by atoms with E-state index < -0.39 is 24.0 Å². The van der Waals surface area contributed by atoms with Crippen LogP contribution in [0.4, 0.5) is 4.79 Å². The van der Waals surface area contributed by atoms with E-state index in [0.717, 1.165) is 16.7 Å². The predicted octanol–water partition coefficient (Wildman–Crippen LogP) is 2.72. The summed E-state index contributed by atoms with van der Waals surface area (Å²) in [4.78, 5) is 35.7. The molecule has 2 aromatic rings. The molecule has 3 amide bonds. The largest absolute Gasteiger partial charge is 0.448 e. The molecule has 0 saturated heterocycles. The molecule has 7 heteroatoms. The number of aryl methyl sites for hydroxylation is 1. The topological polar surface area (TPSA) is 84.5 Å². The van der Waals surface area contributed by atoms with E-state index in [-0.39, 0.29) is 0 Å². The Hall–Kier alpha value is -2.67. The van der Waals surface area contributed by atoms with E-state index in [1.807, 2.05) is 37.3 Å². The third-order valence-corrected chi connectivity index (χ3v) is 4.22. The van der Waals surface area contributed by atoms with Crippen LogP contribution in [0.3, 0.4) is 0 Å². The van der Waals surface area contributed by atoms with Gasteiger partial charge in [-0.25, -0.2) is 9.59 Å². The van der Waals surface area contributed by atoms with E-state index in [1.54, 1.807) is 5.38 Å². The van der Waals surface area contributed by atoms with Crippen molar-refractivity contribution in [1.82, 2.24) is 10.6 Å². The lowest BCUT2D eigenvalue weighted by atomic mass is 10.1. The number of amides is 3. The smallest absolute Gasteiger partial charge is 0.349 e. The minimum atomic E-state index is -1.08. The van der Waals surface area contributed by atoms with Crippen molar-refractivity contribution >= 4 is 29.2 Å². The van der Waals surface area contributed by atoms with Gasteiger partial charge in [-0.15, -0.1) is 11.3 Å². The van der Waals surface area contributed by atoms with E-state index in [1.165, 1.54) is 25.3 Å². The SMILES string of the molecule is CNC(=O)NC(=O)C(C)OC(=O)c1sccc1-c1ccc(C)cc1. The molecule has 0 aliphatic rings. The van der Waals surface area contributed by atoms with Crippen LogP contribution in [0.15, 0.2) is 35.7 Å². The fourth-order valence-electron chi connectivity index (χ4n) is 1.97. The lowest BCUT2D eigenvalue weighted by Crippen LogP contribution is -2.43.